The maximum absolute atomic E-state index is 11.7. The molecule has 0 aromatic heterocycles. The first kappa shape index (κ1) is 10.5. The summed E-state index contributed by atoms with van der Waals surface area (Å²) in [4.78, 5) is 11.7. The van der Waals surface area contributed by atoms with Crippen LogP contribution < -0.4 is 0 Å². The molecule has 1 atom stereocenters. The molecule has 74 valence electrons. The van der Waals surface area contributed by atoms with Crippen molar-refractivity contribution >= 4 is 5.78 Å². The second-order valence-electron chi connectivity index (χ2n) is 4.83. The standard InChI is InChI=1S/C12H20O/c1-5-12(3,4)10-7-6-9(2)8-11(10)13/h8,10H,5-7H2,1-4H3. The highest BCUT2D eigenvalue weighted by Gasteiger charge is 2.33. The van der Waals surface area contributed by atoms with Crippen molar-refractivity contribution < 1.29 is 4.79 Å². The quantitative estimate of drug-likeness (QED) is 0.637. The number of hydrogen-bond acceptors (Lipinski definition) is 1. The predicted molar refractivity (Wildman–Crippen MR) is 55.6 cm³/mol. The van der Waals surface area contributed by atoms with Crippen LogP contribution in [-0.4, -0.2) is 5.78 Å². The zero-order chi connectivity index (χ0) is 10.1. The summed E-state index contributed by atoms with van der Waals surface area (Å²) in [7, 11) is 0. The topological polar surface area (TPSA) is 17.1 Å². The Morgan fingerprint density at radius 2 is 2.15 bits per heavy atom. The lowest BCUT2D eigenvalue weighted by Crippen LogP contribution is -2.31. The largest absolute Gasteiger partial charge is 0.295 e. The highest BCUT2D eigenvalue weighted by atomic mass is 16.1. The van der Waals surface area contributed by atoms with Crippen molar-refractivity contribution in [2.24, 2.45) is 11.3 Å². The van der Waals surface area contributed by atoms with Crippen LogP contribution in [0, 0.1) is 11.3 Å². The third kappa shape index (κ3) is 2.20. The molecule has 13 heavy (non-hydrogen) atoms. The molecule has 1 heteroatoms. The number of carbonyl (C=O) groups is 1. The van der Waals surface area contributed by atoms with Crippen LogP contribution in [0.1, 0.15) is 47.0 Å². The van der Waals surface area contributed by atoms with Gasteiger partial charge in [-0.05, 0) is 31.3 Å². The molecule has 0 heterocycles. The van der Waals surface area contributed by atoms with Gasteiger partial charge in [0.1, 0.15) is 0 Å². The van der Waals surface area contributed by atoms with E-state index in [1.165, 1.54) is 5.57 Å². The van der Waals surface area contributed by atoms with E-state index in [9.17, 15) is 4.79 Å². The lowest BCUT2D eigenvalue weighted by Gasteiger charge is -2.34. The van der Waals surface area contributed by atoms with E-state index in [2.05, 4.69) is 20.8 Å². The summed E-state index contributed by atoms with van der Waals surface area (Å²) in [6.45, 7) is 8.61. The van der Waals surface area contributed by atoms with Crippen molar-refractivity contribution in [2.75, 3.05) is 0 Å². The van der Waals surface area contributed by atoms with E-state index in [1.54, 1.807) is 0 Å². The van der Waals surface area contributed by atoms with Gasteiger partial charge in [0.2, 0.25) is 0 Å². The fourth-order valence-corrected chi connectivity index (χ4v) is 1.95. The molecule has 0 N–H and O–H groups in total. The van der Waals surface area contributed by atoms with Gasteiger partial charge in [-0.1, -0.05) is 32.8 Å². The average molecular weight is 180 g/mol. The Morgan fingerprint density at radius 1 is 1.54 bits per heavy atom. The molecule has 0 aliphatic heterocycles. The van der Waals surface area contributed by atoms with Gasteiger partial charge in [0.15, 0.2) is 5.78 Å². The molecule has 1 aliphatic rings. The van der Waals surface area contributed by atoms with Crippen molar-refractivity contribution in [1.82, 2.24) is 0 Å². The molecule has 1 unspecified atom stereocenters. The van der Waals surface area contributed by atoms with E-state index in [0.717, 1.165) is 19.3 Å². The second kappa shape index (κ2) is 3.65. The Labute approximate surface area is 81.2 Å². The molecule has 1 aliphatic carbocycles. The summed E-state index contributed by atoms with van der Waals surface area (Å²) < 4.78 is 0. The molecule has 0 radical (unpaired) electrons. The van der Waals surface area contributed by atoms with Crippen LogP contribution in [0.3, 0.4) is 0 Å². The minimum Gasteiger partial charge on any atom is -0.295 e. The van der Waals surface area contributed by atoms with Gasteiger partial charge in [-0.25, -0.2) is 0 Å². The summed E-state index contributed by atoms with van der Waals surface area (Å²) in [5, 5.41) is 0. The highest BCUT2D eigenvalue weighted by molar-refractivity contribution is 5.93. The van der Waals surface area contributed by atoms with Crippen molar-refractivity contribution in [3.8, 4) is 0 Å². The van der Waals surface area contributed by atoms with Crippen LogP contribution in [0.25, 0.3) is 0 Å². The van der Waals surface area contributed by atoms with E-state index in [0.29, 0.717) is 5.78 Å². The third-order valence-electron chi connectivity index (χ3n) is 3.41. The molecule has 0 aromatic carbocycles. The van der Waals surface area contributed by atoms with Crippen molar-refractivity contribution in [1.29, 1.82) is 0 Å². The van der Waals surface area contributed by atoms with Crippen LogP contribution in [0.4, 0.5) is 0 Å². The Bertz CT molecular complexity index is 236. The Hall–Kier alpha value is -0.590. The van der Waals surface area contributed by atoms with Gasteiger partial charge in [-0.15, -0.1) is 0 Å². The summed E-state index contributed by atoms with van der Waals surface area (Å²) in [6.07, 6.45) is 5.06. The molecule has 0 aromatic rings. The lowest BCUT2D eigenvalue weighted by molar-refractivity contribution is -0.122. The van der Waals surface area contributed by atoms with E-state index < -0.39 is 0 Å². The monoisotopic (exact) mass is 180 g/mol. The normalized spacial score (nSPS) is 24.5. The highest BCUT2D eigenvalue weighted by Crippen LogP contribution is 2.37. The molecule has 0 amide bonds. The molecule has 1 rings (SSSR count). The van der Waals surface area contributed by atoms with E-state index in [4.69, 9.17) is 0 Å². The van der Waals surface area contributed by atoms with Crippen molar-refractivity contribution in [3.05, 3.63) is 11.6 Å². The molecular weight excluding hydrogens is 160 g/mol. The van der Waals surface area contributed by atoms with E-state index >= 15 is 0 Å². The van der Waals surface area contributed by atoms with Gasteiger partial charge in [0.25, 0.3) is 0 Å². The second-order valence-corrected chi connectivity index (χ2v) is 4.83. The molecule has 0 spiro atoms. The molecule has 0 bridgehead atoms. The fraction of sp³-hybridized carbons (Fsp3) is 0.750. The summed E-state index contributed by atoms with van der Waals surface area (Å²) in [6, 6.07) is 0. The maximum atomic E-state index is 11.7. The van der Waals surface area contributed by atoms with E-state index in [1.807, 2.05) is 13.0 Å². The van der Waals surface area contributed by atoms with Gasteiger partial charge in [-0.2, -0.15) is 0 Å². The zero-order valence-corrected chi connectivity index (χ0v) is 9.18. The molecule has 1 nitrogen and oxygen atoms in total. The predicted octanol–water partition coefficient (Wildman–Crippen LogP) is 3.35. The minimum atomic E-state index is 0.175. The Morgan fingerprint density at radius 3 is 2.62 bits per heavy atom. The van der Waals surface area contributed by atoms with Gasteiger partial charge in [0.05, 0.1) is 0 Å². The van der Waals surface area contributed by atoms with Gasteiger partial charge in [-0.3, -0.25) is 4.79 Å². The maximum Gasteiger partial charge on any atom is 0.159 e. The first-order valence-corrected chi connectivity index (χ1v) is 5.18. The Balaban J connectivity index is 2.80. The summed E-state index contributed by atoms with van der Waals surface area (Å²) >= 11 is 0. The number of hydrogen-bond donors (Lipinski definition) is 0. The SMILES string of the molecule is CCC(C)(C)C1CCC(C)=CC1=O. The summed E-state index contributed by atoms with van der Waals surface area (Å²) in [5.41, 5.74) is 1.42. The number of allylic oxidation sites excluding steroid dienone is 2. The van der Waals surface area contributed by atoms with Crippen LogP contribution >= 0.6 is 0 Å². The van der Waals surface area contributed by atoms with Crippen LogP contribution in [0.2, 0.25) is 0 Å². The lowest BCUT2D eigenvalue weighted by atomic mass is 9.70. The van der Waals surface area contributed by atoms with Crippen LogP contribution in [0.15, 0.2) is 11.6 Å². The molecular formula is C12H20O. The van der Waals surface area contributed by atoms with Gasteiger partial charge < -0.3 is 0 Å². The first-order chi connectivity index (χ1) is 5.97. The van der Waals surface area contributed by atoms with Gasteiger partial charge >= 0.3 is 0 Å². The summed E-state index contributed by atoms with van der Waals surface area (Å²) in [5.74, 6) is 0.594. The Kier molecular flexibility index (Phi) is 2.94. The third-order valence-corrected chi connectivity index (χ3v) is 3.41. The van der Waals surface area contributed by atoms with Gasteiger partial charge in [0, 0.05) is 5.92 Å². The van der Waals surface area contributed by atoms with E-state index in [-0.39, 0.29) is 11.3 Å². The fourth-order valence-electron chi connectivity index (χ4n) is 1.95. The zero-order valence-electron chi connectivity index (χ0n) is 9.18. The van der Waals surface area contributed by atoms with Crippen LogP contribution in [0.5, 0.6) is 0 Å². The molecule has 0 saturated heterocycles. The van der Waals surface area contributed by atoms with Crippen molar-refractivity contribution in [2.45, 2.75) is 47.0 Å². The average Bonchev–Trinajstić information content (AvgIpc) is 2.03. The minimum absolute atomic E-state index is 0.175. The molecule has 0 fully saturated rings. The smallest absolute Gasteiger partial charge is 0.159 e. The van der Waals surface area contributed by atoms with Crippen LogP contribution in [-0.2, 0) is 4.79 Å². The number of carbonyl (C=O) groups excluding carboxylic acids is 1. The molecule has 0 saturated carbocycles. The number of ketones is 1. The first-order valence-electron chi connectivity index (χ1n) is 5.18. The number of rotatable bonds is 2. The van der Waals surface area contributed by atoms with Crippen molar-refractivity contribution in [3.63, 3.8) is 0 Å².